The third-order valence-corrected chi connectivity index (χ3v) is 4.92. The quantitative estimate of drug-likeness (QED) is 0.861. The topological polar surface area (TPSA) is 44.8 Å². The molecule has 0 aromatic heterocycles. The van der Waals surface area contributed by atoms with Crippen molar-refractivity contribution >= 4 is 40.6 Å². The van der Waals surface area contributed by atoms with Crippen molar-refractivity contribution in [2.24, 2.45) is 0 Å². The number of para-hydroxylation sites is 2. The molecule has 0 aliphatic carbocycles. The summed E-state index contributed by atoms with van der Waals surface area (Å²) in [6.45, 7) is 2.72. The summed E-state index contributed by atoms with van der Waals surface area (Å²) in [6.07, 6.45) is 0. The van der Waals surface area contributed by atoms with Gasteiger partial charge in [0.1, 0.15) is 5.75 Å². The largest absolute Gasteiger partial charge is 0.495 e. The molecular weight excluding hydrogens is 361 g/mol. The normalized spacial score (nSPS) is 14.4. The molecule has 2 aromatic rings. The van der Waals surface area contributed by atoms with Crippen molar-refractivity contribution < 1.29 is 9.53 Å². The molecule has 3 rings (SSSR count). The van der Waals surface area contributed by atoms with Crippen molar-refractivity contribution in [1.29, 1.82) is 0 Å². The highest BCUT2D eigenvalue weighted by molar-refractivity contribution is 6.42. The average Bonchev–Trinajstić information content (AvgIpc) is 2.64. The maximum absolute atomic E-state index is 12.5. The molecule has 1 aliphatic heterocycles. The maximum Gasteiger partial charge on any atom is 0.322 e. The van der Waals surface area contributed by atoms with E-state index >= 15 is 0 Å². The first-order chi connectivity index (χ1) is 12.1. The summed E-state index contributed by atoms with van der Waals surface area (Å²) in [6, 6.07) is 12.8. The first kappa shape index (κ1) is 17.7. The summed E-state index contributed by atoms with van der Waals surface area (Å²) >= 11 is 12.1. The highest BCUT2D eigenvalue weighted by Crippen LogP contribution is 2.28. The van der Waals surface area contributed by atoms with Crippen LogP contribution in [0.2, 0.25) is 10.0 Å². The molecule has 1 aliphatic rings. The SMILES string of the molecule is COc1ccccc1NC(=O)N1CCN(c2ccc(Cl)c(Cl)c2)CC1. The van der Waals surface area contributed by atoms with Crippen molar-refractivity contribution in [2.45, 2.75) is 0 Å². The third kappa shape index (κ3) is 4.11. The number of hydrogen-bond acceptors (Lipinski definition) is 3. The molecule has 5 nitrogen and oxygen atoms in total. The van der Waals surface area contributed by atoms with Gasteiger partial charge in [-0.25, -0.2) is 4.79 Å². The average molecular weight is 380 g/mol. The van der Waals surface area contributed by atoms with E-state index < -0.39 is 0 Å². The van der Waals surface area contributed by atoms with E-state index in [-0.39, 0.29) is 6.03 Å². The summed E-state index contributed by atoms with van der Waals surface area (Å²) in [4.78, 5) is 16.5. The molecule has 0 bridgehead atoms. The number of methoxy groups -OCH3 is 1. The van der Waals surface area contributed by atoms with Gasteiger partial charge < -0.3 is 19.9 Å². The Balaban J connectivity index is 1.60. The van der Waals surface area contributed by atoms with Crippen molar-refractivity contribution in [2.75, 3.05) is 43.5 Å². The monoisotopic (exact) mass is 379 g/mol. The Labute approximate surface area is 157 Å². The maximum atomic E-state index is 12.5. The molecule has 1 fully saturated rings. The van der Waals surface area contributed by atoms with Gasteiger partial charge in [0.25, 0.3) is 0 Å². The predicted octanol–water partition coefficient (Wildman–Crippen LogP) is 4.36. The predicted molar refractivity (Wildman–Crippen MR) is 102 cm³/mol. The smallest absolute Gasteiger partial charge is 0.322 e. The van der Waals surface area contributed by atoms with E-state index in [1.165, 1.54) is 0 Å². The molecule has 0 saturated carbocycles. The zero-order chi connectivity index (χ0) is 17.8. The van der Waals surface area contributed by atoms with Crippen molar-refractivity contribution in [3.63, 3.8) is 0 Å². The Morgan fingerprint density at radius 2 is 1.76 bits per heavy atom. The molecule has 0 spiro atoms. The van der Waals surface area contributed by atoms with Gasteiger partial charge in [-0.2, -0.15) is 0 Å². The Morgan fingerprint density at radius 3 is 2.44 bits per heavy atom. The molecule has 0 atom stereocenters. The number of urea groups is 1. The van der Waals surface area contributed by atoms with Crippen LogP contribution in [-0.2, 0) is 0 Å². The van der Waals surface area contributed by atoms with Gasteiger partial charge in [-0.1, -0.05) is 35.3 Å². The van der Waals surface area contributed by atoms with E-state index in [9.17, 15) is 4.79 Å². The van der Waals surface area contributed by atoms with Crippen LogP contribution in [0.1, 0.15) is 0 Å². The number of benzene rings is 2. The van der Waals surface area contributed by atoms with E-state index in [0.717, 1.165) is 18.8 Å². The van der Waals surface area contributed by atoms with Gasteiger partial charge in [0, 0.05) is 31.9 Å². The van der Waals surface area contributed by atoms with Crippen LogP contribution in [0, 0.1) is 0 Å². The first-order valence-electron chi connectivity index (χ1n) is 7.97. The zero-order valence-corrected chi connectivity index (χ0v) is 15.3. The van der Waals surface area contributed by atoms with Crippen LogP contribution >= 0.6 is 23.2 Å². The molecule has 7 heteroatoms. The van der Waals surface area contributed by atoms with E-state index in [4.69, 9.17) is 27.9 Å². The second kappa shape index (κ2) is 7.85. The van der Waals surface area contributed by atoms with E-state index in [1.54, 1.807) is 18.1 Å². The number of carbonyl (C=O) groups excluding carboxylic acids is 1. The van der Waals surface area contributed by atoms with Crippen LogP contribution in [0.15, 0.2) is 42.5 Å². The molecule has 1 heterocycles. The highest BCUT2D eigenvalue weighted by Gasteiger charge is 2.22. The Bertz CT molecular complexity index is 762. The minimum atomic E-state index is -0.127. The minimum absolute atomic E-state index is 0.127. The number of carbonyl (C=O) groups is 1. The second-order valence-corrected chi connectivity index (χ2v) is 6.52. The standard InChI is InChI=1S/C18H19Cl2N3O2/c1-25-17-5-3-2-4-16(17)21-18(24)23-10-8-22(9-11-23)13-6-7-14(19)15(20)12-13/h2-7,12H,8-11H2,1H3,(H,21,24). The molecule has 0 unspecified atom stereocenters. The fourth-order valence-electron chi connectivity index (χ4n) is 2.79. The summed E-state index contributed by atoms with van der Waals surface area (Å²) in [5.74, 6) is 0.644. The fourth-order valence-corrected chi connectivity index (χ4v) is 3.08. The van der Waals surface area contributed by atoms with Crippen molar-refractivity contribution in [3.05, 3.63) is 52.5 Å². The van der Waals surface area contributed by atoms with Crippen LogP contribution < -0.4 is 15.0 Å². The van der Waals surface area contributed by atoms with Gasteiger partial charge in [0.2, 0.25) is 0 Å². The van der Waals surface area contributed by atoms with Crippen molar-refractivity contribution in [3.8, 4) is 5.75 Å². The number of ether oxygens (including phenoxy) is 1. The Hall–Kier alpha value is -2.11. The number of piperazine rings is 1. The molecule has 2 aromatic carbocycles. The molecule has 0 radical (unpaired) electrons. The number of rotatable bonds is 3. The zero-order valence-electron chi connectivity index (χ0n) is 13.8. The summed E-state index contributed by atoms with van der Waals surface area (Å²) in [5, 5.41) is 3.99. The van der Waals surface area contributed by atoms with Gasteiger partial charge in [-0.05, 0) is 30.3 Å². The number of hydrogen-bond donors (Lipinski definition) is 1. The van der Waals surface area contributed by atoms with E-state index in [2.05, 4.69) is 10.2 Å². The lowest BCUT2D eigenvalue weighted by Crippen LogP contribution is -2.50. The first-order valence-corrected chi connectivity index (χ1v) is 8.73. The molecule has 132 valence electrons. The summed E-state index contributed by atoms with van der Waals surface area (Å²) in [5.41, 5.74) is 1.68. The van der Waals surface area contributed by atoms with Gasteiger partial charge in [0.05, 0.1) is 22.8 Å². The Morgan fingerprint density at radius 1 is 1.04 bits per heavy atom. The third-order valence-electron chi connectivity index (χ3n) is 4.18. The lowest BCUT2D eigenvalue weighted by molar-refractivity contribution is 0.208. The van der Waals surface area contributed by atoms with Crippen LogP contribution in [-0.4, -0.2) is 44.2 Å². The number of halogens is 2. The van der Waals surface area contributed by atoms with Gasteiger partial charge in [-0.15, -0.1) is 0 Å². The number of amides is 2. The number of anilines is 2. The molecule has 1 N–H and O–H groups in total. The van der Waals surface area contributed by atoms with E-state index in [1.807, 2.05) is 36.4 Å². The van der Waals surface area contributed by atoms with E-state index in [0.29, 0.717) is 34.6 Å². The fraction of sp³-hybridized carbons (Fsp3) is 0.278. The summed E-state index contributed by atoms with van der Waals surface area (Å²) < 4.78 is 5.26. The van der Waals surface area contributed by atoms with Crippen LogP contribution in [0.4, 0.5) is 16.2 Å². The lowest BCUT2D eigenvalue weighted by atomic mass is 10.2. The van der Waals surface area contributed by atoms with Gasteiger partial charge in [-0.3, -0.25) is 0 Å². The molecule has 25 heavy (non-hydrogen) atoms. The molecule has 2 amide bonds. The highest BCUT2D eigenvalue weighted by atomic mass is 35.5. The van der Waals surface area contributed by atoms with Crippen LogP contribution in [0.25, 0.3) is 0 Å². The Kier molecular flexibility index (Phi) is 5.56. The van der Waals surface area contributed by atoms with Gasteiger partial charge in [0.15, 0.2) is 0 Å². The molecule has 1 saturated heterocycles. The van der Waals surface area contributed by atoms with Gasteiger partial charge >= 0.3 is 6.03 Å². The number of nitrogens with zero attached hydrogens (tertiary/aromatic N) is 2. The lowest BCUT2D eigenvalue weighted by Gasteiger charge is -2.36. The van der Waals surface area contributed by atoms with Crippen LogP contribution in [0.3, 0.4) is 0 Å². The van der Waals surface area contributed by atoms with Crippen molar-refractivity contribution in [1.82, 2.24) is 4.90 Å². The molecular formula is C18H19Cl2N3O2. The number of nitrogens with one attached hydrogen (secondary N) is 1. The van der Waals surface area contributed by atoms with Crippen LogP contribution in [0.5, 0.6) is 5.75 Å². The summed E-state index contributed by atoms with van der Waals surface area (Å²) in [7, 11) is 1.58. The minimum Gasteiger partial charge on any atom is -0.495 e. The second-order valence-electron chi connectivity index (χ2n) is 5.70.